The van der Waals surface area contributed by atoms with E-state index in [2.05, 4.69) is 33.9 Å². The van der Waals surface area contributed by atoms with Crippen molar-refractivity contribution in [2.24, 2.45) is 0 Å². The third kappa shape index (κ3) is 1.75. The molecular formula is C10H10BrNO. The van der Waals surface area contributed by atoms with Gasteiger partial charge in [0.1, 0.15) is 5.76 Å². The molecule has 0 atom stereocenters. The second-order valence-corrected chi connectivity index (χ2v) is 4.02. The molecule has 3 heteroatoms. The van der Waals surface area contributed by atoms with Crippen LogP contribution in [0.15, 0.2) is 33.1 Å². The topological polar surface area (TPSA) is 26.0 Å². The number of hydrogen-bond donors (Lipinski definition) is 0. The Balaban J connectivity index is 2.33. The van der Waals surface area contributed by atoms with Crippen LogP contribution in [0.1, 0.15) is 25.5 Å². The van der Waals surface area contributed by atoms with E-state index in [4.69, 9.17) is 4.42 Å². The van der Waals surface area contributed by atoms with Gasteiger partial charge < -0.3 is 4.42 Å². The van der Waals surface area contributed by atoms with Crippen LogP contribution in [0.25, 0.3) is 5.57 Å². The summed E-state index contributed by atoms with van der Waals surface area (Å²) in [6.07, 6.45) is 7.46. The van der Waals surface area contributed by atoms with Crippen LogP contribution < -0.4 is 0 Å². The highest BCUT2D eigenvalue weighted by molar-refractivity contribution is 9.11. The second-order valence-electron chi connectivity index (χ2n) is 3.16. The van der Waals surface area contributed by atoms with Crippen molar-refractivity contribution >= 4 is 21.5 Å². The van der Waals surface area contributed by atoms with Gasteiger partial charge in [-0.2, -0.15) is 0 Å². The van der Waals surface area contributed by atoms with Crippen LogP contribution in [-0.2, 0) is 0 Å². The second kappa shape index (κ2) is 3.50. The van der Waals surface area contributed by atoms with E-state index in [1.807, 2.05) is 0 Å². The lowest BCUT2D eigenvalue weighted by Gasteiger charge is -2.12. The molecule has 1 heterocycles. The maximum Gasteiger partial charge on any atom is 0.181 e. The Kier molecular flexibility index (Phi) is 2.36. The van der Waals surface area contributed by atoms with E-state index in [1.165, 1.54) is 22.0 Å². The standard InChI is InChI=1S/C10H10BrNO/c1-7-2-3-8(4-9(7)11)10-5-12-6-13-10/h4-6H,2-3H2,1H3. The normalized spacial score (nSPS) is 17.5. The highest BCUT2D eigenvalue weighted by Crippen LogP contribution is 2.32. The molecular weight excluding hydrogens is 230 g/mol. The molecule has 1 aliphatic carbocycles. The van der Waals surface area contributed by atoms with Gasteiger partial charge in [-0.3, -0.25) is 0 Å². The summed E-state index contributed by atoms with van der Waals surface area (Å²) in [6.45, 7) is 2.14. The lowest BCUT2D eigenvalue weighted by atomic mass is 9.98. The number of aromatic nitrogens is 1. The fourth-order valence-corrected chi connectivity index (χ4v) is 1.83. The van der Waals surface area contributed by atoms with Gasteiger partial charge in [-0.15, -0.1) is 0 Å². The molecule has 0 bridgehead atoms. The SMILES string of the molecule is CC1=C(Br)C=C(c2cnco2)CC1. The quantitative estimate of drug-likeness (QED) is 0.750. The average Bonchev–Trinajstić information content (AvgIpc) is 2.62. The predicted molar refractivity (Wildman–Crippen MR) is 55.3 cm³/mol. The molecule has 0 aromatic carbocycles. The van der Waals surface area contributed by atoms with Gasteiger partial charge in [0.15, 0.2) is 6.39 Å². The summed E-state index contributed by atoms with van der Waals surface area (Å²) in [6, 6.07) is 0. The summed E-state index contributed by atoms with van der Waals surface area (Å²) < 4.78 is 6.41. The van der Waals surface area contributed by atoms with E-state index < -0.39 is 0 Å². The number of oxazole rings is 1. The van der Waals surface area contributed by atoms with Crippen LogP contribution >= 0.6 is 15.9 Å². The average molecular weight is 240 g/mol. The zero-order valence-corrected chi connectivity index (χ0v) is 8.97. The van der Waals surface area contributed by atoms with Crippen molar-refractivity contribution in [3.63, 3.8) is 0 Å². The minimum atomic E-state index is 0.879. The Morgan fingerprint density at radius 2 is 2.31 bits per heavy atom. The van der Waals surface area contributed by atoms with E-state index in [1.54, 1.807) is 6.20 Å². The Morgan fingerprint density at radius 3 is 2.92 bits per heavy atom. The summed E-state index contributed by atoms with van der Waals surface area (Å²) in [5.41, 5.74) is 2.61. The summed E-state index contributed by atoms with van der Waals surface area (Å²) in [7, 11) is 0. The van der Waals surface area contributed by atoms with Gasteiger partial charge in [0.2, 0.25) is 0 Å². The van der Waals surface area contributed by atoms with E-state index in [0.717, 1.165) is 18.6 Å². The van der Waals surface area contributed by atoms with Crippen LogP contribution in [0, 0.1) is 0 Å². The minimum Gasteiger partial charge on any atom is -0.444 e. The number of allylic oxidation sites excluding steroid dienone is 4. The fourth-order valence-electron chi connectivity index (χ4n) is 1.36. The highest BCUT2D eigenvalue weighted by Gasteiger charge is 2.12. The van der Waals surface area contributed by atoms with E-state index >= 15 is 0 Å². The van der Waals surface area contributed by atoms with Crippen LogP contribution in [0.5, 0.6) is 0 Å². The molecule has 0 aliphatic heterocycles. The van der Waals surface area contributed by atoms with Gasteiger partial charge in [-0.25, -0.2) is 4.98 Å². The van der Waals surface area contributed by atoms with Gasteiger partial charge in [0.25, 0.3) is 0 Å². The Bertz CT molecular complexity index is 362. The number of halogens is 1. The first-order valence-electron chi connectivity index (χ1n) is 4.22. The minimum absolute atomic E-state index is 0.879. The van der Waals surface area contributed by atoms with Gasteiger partial charge in [0, 0.05) is 4.48 Å². The molecule has 68 valence electrons. The molecule has 0 unspecified atom stereocenters. The lowest BCUT2D eigenvalue weighted by molar-refractivity contribution is 0.541. The zero-order chi connectivity index (χ0) is 9.26. The van der Waals surface area contributed by atoms with Gasteiger partial charge >= 0.3 is 0 Å². The van der Waals surface area contributed by atoms with Crippen molar-refractivity contribution in [1.82, 2.24) is 4.98 Å². The van der Waals surface area contributed by atoms with E-state index in [9.17, 15) is 0 Å². The molecule has 0 spiro atoms. The summed E-state index contributed by atoms with van der Waals surface area (Å²) >= 11 is 3.52. The first-order chi connectivity index (χ1) is 6.27. The summed E-state index contributed by atoms with van der Waals surface area (Å²) in [5.74, 6) is 0.879. The van der Waals surface area contributed by atoms with Crippen molar-refractivity contribution < 1.29 is 4.42 Å². The summed E-state index contributed by atoms with van der Waals surface area (Å²) in [4.78, 5) is 3.90. The molecule has 1 aromatic rings. The molecule has 1 aromatic heterocycles. The third-order valence-corrected chi connectivity index (χ3v) is 3.13. The maximum atomic E-state index is 5.23. The molecule has 0 amide bonds. The zero-order valence-electron chi connectivity index (χ0n) is 7.38. The fraction of sp³-hybridized carbons (Fsp3) is 0.300. The molecule has 2 rings (SSSR count). The van der Waals surface area contributed by atoms with E-state index in [-0.39, 0.29) is 0 Å². The molecule has 2 nitrogen and oxygen atoms in total. The first-order valence-corrected chi connectivity index (χ1v) is 5.01. The van der Waals surface area contributed by atoms with Crippen molar-refractivity contribution in [2.45, 2.75) is 19.8 Å². The number of rotatable bonds is 1. The van der Waals surface area contributed by atoms with Crippen molar-refractivity contribution in [3.05, 3.63) is 34.5 Å². The first kappa shape index (κ1) is 8.75. The predicted octanol–water partition coefficient (Wildman–Crippen LogP) is 3.52. The Hall–Kier alpha value is -0.830. The molecule has 0 saturated heterocycles. The van der Waals surface area contributed by atoms with E-state index in [0.29, 0.717) is 0 Å². The van der Waals surface area contributed by atoms with Crippen LogP contribution in [0.4, 0.5) is 0 Å². The molecule has 0 N–H and O–H groups in total. The van der Waals surface area contributed by atoms with Gasteiger partial charge in [0.05, 0.1) is 6.20 Å². The molecule has 0 radical (unpaired) electrons. The van der Waals surface area contributed by atoms with Crippen molar-refractivity contribution in [1.29, 1.82) is 0 Å². The third-order valence-electron chi connectivity index (χ3n) is 2.23. The van der Waals surface area contributed by atoms with Gasteiger partial charge in [-0.1, -0.05) is 21.5 Å². The van der Waals surface area contributed by atoms with Crippen molar-refractivity contribution in [3.8, 4) is 0 Å². The maximum absolute atomic E-state index is 5.23. The molecule has 13 heavy (non-hydrogen) atoms. The monoisotopic (exact) mass is 239 g/mol. The Morgan fingerprint density at radius 1 is 1.46 bits per heavy atom. The van der Waals surface area contributed by atoms with Gasteiger partial charge in [-0.05, 0) is 31.4 Å². The van der Waals surface area contributed by atoms with Crippen LogP contribution in [0.3, 0.4) is 0 Å². The molecule has 1 aliphatic rings. The van der Waals surface area contributed by atoms with Crippen LogP contribution in [-0.4, -0.2) is 4.98 Å². The lowest BCUT2D eigenvalue weighted by Crippen LogP contribution is -1.92. The molecule has 0 saturated carbocycles. The summed E-state index contributed by atoms with van der Waals surface area (Å²) in [5, 5.41) is 0. The largest absolute Gasteiger partial charge is 0.444 e. The van der Waals surface area contributed by atoms with Crippen molar-refractivity contribution in [2.75, 3.05) is 0 Å². The molecule has 0 fully saturated rings. The van der Waals surface area contributed by atoms with Crippen LogP contribution in [0.2, 0.25) is 0 Å². The number of hydrogen-bond acceptors (Lipinski definition) is 2. The highest BCUT2D eigenvalue weighted by atomic mass is 79.9. The number of nitrogens with zero attached hydrogens (tertiary/aromatic N) is 1. The smallest absolute Gasteiger partial charge is 0.181 e. The Labute approximate surface area is 85.5 Å².